The van der Waals surface area contributed by atoms with Crippen molar-refractivity contribution in [2.24, 2.45) is 0 Å². The van der Waals surface area contributed by atoms with Gasteiger partial charge in [-0.05, 0) is 12.5 Å². The molecule has 1 aliphatic rings. The number of rotatable bonds is 2. The molecule has 0 aromatic carbocycles. The second-order valence-corrected chi connectivity index (χ2v) is 4.05. The third kappa shape index (κ3) is 2.46. The maximum absolute atomic E-state index is 11.6. The number of nitrogens with two attached hydrogens (primary N) is 1. The summed E-state index contributed by atoms with van der Waals surface area (Å²) in [7, 11) is 0. The fraction of sp³-hybridized carbons (Fsp3) is 0.600. The van der Waals surface area contributed by atoms with Crippen molar-refractivity contribution in [1.82, 2.24) is 9.55 Å². The quantitative estimate of drug-likeness (QED) is 0.581. The number of aliphatic hydroxyl groups is 2. The Morgan fingerprint density at radius 3 is 3.00 bits per heavy atom. The van der Waals surface area contributed by atoms with Crippen molar-refractivity contribution in [1.29, 1.82) is 0 Å². The SMILES string of the molecule is Nc1ccn(C2COC(CO)C(O)C2)c(=O)n1. The summed E-state index contributed by atoms with van der Waals surface area (Å²) in [5.41, 5.74) is 4.93. The predicted molar refractivity (Wildman–Crippen MR) is 59.4 cm³/mol. The Labute approximate surface area is 97.5 Å². The standard InChI is InChI=1S/C10H15N3O4/c11-9-1-2-13(10(16)12-9)6-3-7(15)8(4-14)17-5-6/h1-2,6-8,14-15H,3-5H2,(H2,11,12,16). The molecule has 0 bridgehead atoms. The van der Waals surface area contributed by atoms with Gasteiger partial charge in [-0.2, -0.15) is 4.98 Å². The molecule has 1 saturated heterocycles. The molecular weight excluding hydrogens is 226 g/mol. The first-order chi connectivity index (χ1) is 8.11. The highest BCUT2D eigenvalue weighted by Crippen LogP contribution is 2.22. The van der Waals surface area contributed by atoms with Gasteiger partial charge < -0.3 is 20.7 Å². The van der Waals surface area contributed by atoms with Crippen molar-refractivity contribution in [3.8, 4) is 0 Å². The number of nitrogen functional groups attached to an aromatic ring is 1. The van der Waals surface area contributed by atoms with Gasteiger partial charge >= 0.3 is 5.69 Å². The first-order valence-electron chi connectivity index (χ1n) is 5.37. The van der Waals surface area contributed by atoms with Crippen LogP contribution in [0, 0.1) is 0 Å². The lowest BCUT2D eigenvalue weighted by molar-refractivity contribution is -0.113. The Bertz CT molecular complexity index is 447. The molecule has 0 amide bonds. The van der Waals surface area contributed by atoms with Gasteiger partial charge in [0.1, 0.15) is 11.9 Å². The lowest BCUT2D eigenvalue weighted by Gasteiger charge is -2.32. The number of aliphatic hydroxyl groups excluding tert-OH is 2. The van der Waals surface area contributed by atoms with Gasteiger partial charge in [0.05, 0.1) is 25.4 Å². The minimum absolute atomic E-state index is 0.164. The van der Waals surface area contributed by atoms with Crippen LogP contribution in [0.1, 0.15) is 12.5 Å². The summed E-state index contributed by atoms with van der Waals surface area (Å²) in [4.78, 5) is 15.2. The molecule has 1 aromatic heterocycles. The molecule has 4 N–H and O–H groups in total. The Balaban J connectivity index is 2.16. The van der Waals surface area contributed by atoms with Crippen molar-refractivity contribution in [2.45, 2.75) is 24.7 Å². The van der Waals surface area contributed by atoms with Crippen LogP contribution in [-0.2, 0) is 4.74 Å². The molecule has 2 heterocycles. The molecule has 1 aromatic rings. The van der Waals surface area contributed by atoms with Gasteiger partial charge in [0.2, 0.25) is 0 Å². The Morgan fingerprint density at radius 1 is 1.65 bits per heavy atom. The van der Waals surface area contributed by atoms with E-state index in [1.54, 1.807) is 0 Å². The van der Waals surface area contributed by atoms with Gasteiger partial charge in [0.25, 0.3) is 0 Å². The smallest absolute Gasteiger partial charge is 0.349 e. The zero-order valence-corrected chi connectivity index (χ0v) is 9.19. The monoisotopic (exact) mass is 241 g/mol. The fourth-order valence-corrected chi connectivity index (χ4v) is 1.92. The molecule has 17 heavy (non-hydrogen) atoms. The minimum atomic E-state index is -0.789. The molecule has 1 fully saturated rings. The second-order valence-electron chi connectivity index (χ2n) is 4.05. The first kappa shape index (κ1) is 12.0. The second kappa shape index (κ2) is 4.82. The minimum Gasteiger partial charge on any atom is -0.394 e. The lowest BCUT2D eigenvalue weighted by Crippen LogP contribution is -2.43. The lowest BCUT2D eigenvalue weighted by atomic mass is 10.0. The van der Waals surface area contributed by atoms with E-state index >= 15 is 0 Å². The van der Waals surface area contributed by atoms with E-state index in [4.69, 9.17) is 15.6 Å². The highest BCUT2D eigenvalue weighted by molar-refractivity contribution is 5.23. The number of aromatic nitrogens is 2. The van der Waals surface area contributed by atoms with Crippen LogP contribution in [0.15, 0.2) is 17.1 Å². The maximum atomic E-state index is 11.6. The third-order valence-corrected chi connectivity index (χ3v) is 2.87. The van der Waals surface area contributed by atoms with Crippen molar-refractivity contribution in [2.75, 3.05) is 18.9 Å². The van der Waals surface area contributed by atoms with Crippen LogP contribution < -0.4 is 11.4 Å². The largest absolute Gasteiger partial charge is 0.394 e. The van der Waals surface area contributed by atoms with E-state index in [1.807, 2.05) is 0 Å². The molecule has 2 rings (SSSR count). The summed E-state index contributed by atoms with van der Waals surface area (Å²) in [6, 6.07) is 1.24. The zero-order valence-electron chi connectivity index (χ0n) is 9.19. The van der Waals surface area contributed by atoms with Crippen molar-refractivity contribution < 1.29 is 14.9 Å². The van der Waals surface area contributed by atoms with E-state index < -0.39 is 17.9 Å². The van der Waals surface area contributed by atoms with Gasteiger partial charge in [-0.3, -0.25) is 4.57 Å². The van der Waals surface area contributed by atoms with Crippen LogP contribution >= 0.6 is 0 Å². The van der Waals surface area contributed by atoms with Crippen molar-refractivity contribution in [3.63, 3.8) is 0 Å². The average Bonchev–Trinajstić information content (AvgIpc) is 2.29. The van der Waals surface area contributed by atoms with E-state index in [9.17, 15) is 9.90 Å². The highest BCUT2D eigenvalue weighted by Gasteiger charge is 2.30. The van der Waals surface area contributed by atoms with Crippen LogP contribution in [0.5, 0.6) is 0 Å². The van der Waals surface area contributed by atoms with Crippen LogP contribution in [-0.4, -0.2) is 45.2 Å². The Morgan fingerprint density at radius 2 is 2.41 bits per heavy atom. The van der Waals surface area contributed by atoms with Crippen LogP contribution in [0.25, 0.3) is 0 Å². The number of hydrogen-bond acceptors (Lipinski definition) is 6. The summed E-state index contributed by atoms with van der Waals surface area (Å²) >= 11 is 0. The molecule has 1 aliphatic heterocycles. The number of hydrogen-bond donors (Lipinski definition) is 3. The molecule has 3 atom stereocenters. The normalized spacial score (nSPS) is 29.2. The topological polar surface area (TPSA) is 111 Å². The number of nitrogens with zero attached hydrogens (tertiary/aromatic N) is 2. The summed E-state index contributed by atoms with van der Waals surface area (Å²) in [6.07, 6.45) is 0.508. The average molecular weight is 241 g/mol. The Kier molecular flexibility index (Phi) is 3.41. The number of ether oxygens (including phenoxy) is 1. The third-order valence-electron chi connectivity index (χ3n) is 2.87. The fourth-order valence-electron chi connectivity index (χ4n) is 1.92. The van der Waals surface area contributed by atoms with Gasteiger partial charge in [-0.25, -0.2) is 4.79 Å². The maximum Gasteiger partial charge on any atom is 0.349 e. The van der Waals surface area contributed by atoms with E-state index in [2.05, 4.69) is 4.98 Å². The van der Waals surface area contributed by atoms with Gasteiger partial charge in [0, 0.05) is 6.20 Å². The molecule has 7 nitrogen and oxygen atoms in total. The van der Waals surface area contributed by atoms with Gasteiger partial charge in [-0.1, -0.05) is 0 Å². The van der Waals surface area contributed by atoms with E-state index in [0.29, 0.717) is 6.42 Å². The van der Waals surface area contributed by atoms with Crippen LogP contribution in [0.2, 0.25) is 0 Å². The van der Waals surface area contributed by atoms with Crippen molar-refractivity contribution in [3.05, 3.63) is 22.7 Å². The molecule has 0 aliphatic carbocycles. The molecule has 94 valence electrons. The molecular formula is C10H15N3O4. The molecule has 0 saturated carbocycles. The molecule has 3 unspecified atom stereocenters. The molecule has 0 spiro atoms. The van der Waals surface area contributed by atoms with E-state index in [1.165, 1.54) is 16.8 Å². The van der Waals surface area contributed by atoms with Crippen molar-refractivity contribution >= 4 is 5.82 Å². The van der Waals surface area contributed by atoms with Gasteiger partial charge in [-0.15, -0.1) is 0 Å². The van der Waals surface area contributed by atoms with Crippen LogP contribution in [0.3, 0.4) is 0 Å². The summed E-state index contributed by atoms with van der Waals surface area (Å²) in [6.45, 7) is 0.0244. The molecule has 0 radical (unpaired) electrons. The Hall–Kier alpha value is -1.44. The number of anilines is 1. The van der Waals surface area contributed by atoms with Gasteiger partial charge in [0.15, 0.2) is 0 Å². The van der Waals surface area contributed by atoms with E-state index in [-0.39, 0.29) is 25.1 Å². The zero-order chi connectivity index (χ0) is 12.4. The summed E-state index contributed by atoms with van der Waals surface area (Å²) < 4.78 is 6.66. The van der Waals surface area contributed by atoms with E-state index in [0.717, 1.165) is 0 Å². The molecule has 7 heteroatoms. The van der Waals surface area contributed by atoms with Crippen LogP contribution in [0.4, 0.5) is 5.82 Å². The summed E-state index contributed by atoms with van der Waals surface area (Å²) in [5, 5.41) is 18.6. The first-order valence-corrected chi connectivity index (χ1v) is 5.37. The summed E-state index contributed by atoms with van der Waals surface area (Å²) in [5.74, 6) is 0.164. The highest BCUT2D eigenvalue weighted by atomic mass is 16.5. The predicted octanol–water partition coefficient (Wildman–Crippen LogP) is -1.49.